The fraction of sp³-hybridized carbons (Fsp3) is 0.484. The van der Waals surface area contributed by atoms with Crippen LogP contribution < -0.4 is 20.7 Å². The lowest BCUT2D eigenvalue weighted by molar-refractivity contribution is -0.134. The monoisotopic (exact) mass is 564 g/mol. The van der Waals surface area contributed by atoms with E-state index in [1.807, 2.05) is 54.4 Å². The van der Waals surface area contributed by atoms with Gasteiger partial charge < -0.3 is 25.4 Å². The Hall–Kier alpha value is -3.76. The maximum atomic E-state index is 13.7. The zero-order chi connectivity index (χ0) is 29.6. The highest BCUT2D eigenvalue weighted by Crippen LogP contribution is 2.29. The zero-order valence-electron chi connectivity index (χ0n) is 24.1. The van der Waals surface area contributed by atoms with Crippen LogP contribution in [-0.2, 0) is 36.8 Å². The molecule has 3 amide bonds. The maximum Gasteiger partial charge on any atom is 0.243 e. The van der Waals surface area contributed by atoms with Gasteiger partial charge in [0.2, 0.25) is 17.7 Å². The highest BCUT2D eigenvalue weighted by Gasteiger charge is 2.50. The Bertz CT molecular complexity index is 1230. The average Bonchev–Trinajstić information content (AvgIpc) is 3.58. The van der Waals surface area contributed by atoms with Crippen molar-refractivity contribution < 1.29 is 28.7 Å². The fourth-order valence-electron chi connectivity index (χ4n) is 5.07. The Kier molecular flexibility index (Phi) is 9.77. The smallest absolute Gasteiger partial charge is 0.243 e. The number of epoxide rings is 1. The van der Waals surface area contributed by atoms with Crippen molar-refractivity contribution in [3.8, 4) is 5.75 Å². The van der Waals surface area contributed by atoms with Crippen molar-refractivity contribution in [2.45, 2.75) is 69.3 Å². The van der Waals surface area contributed by atoms with E-state index in [4.69, 9.17) is 9.47 Å². The Morgan fingerprint density at radius 3 is 2.15 bits per heavy atom. The lowest BCUT2D eigenvalue weighted by Gasteiger charge is -2.26. The molecule has 0 bridgehead atoms. The first-order chi connectivity index (χ1) is 19.6. The number of rotatable bonds is 13. The van der Waals surface area contributed by atoms with Crippen LogP contribution in [0.2, 0.25) is 0 Å². The third-order valence-corrected chi connectivity index (χ3v) is 7.82. The number of Topliss-reactive ketones (excluding diaryl/α,β-unsaturated/α-hetero) is 1. The Balaban J connectivity index is 1.50. The van der Waals surface area contributed by atoms with Crippen LogP contribution in [0.5, 0.6) is 5.75 Å². The molecule has 2 fully saturated rings. The number of amides is 3. The van der Waals surface area contributed by atoms with Gasteiger partial charge in [-0.1, -0.05) is 42.5 Å². The van der Waals surface area contributed by atoms with E-state index < -0.39 is 35.5 Å². The van der Waals surface area contributed by atoms with Crippen LogP contribution in [0.25, 0.3) is 0 Å². The molecule has 41 heavy (non-hydrogen) atoms. The third kappa shape index (κ3) is 7.92. The molecule has 2 aliphatic rings. The van der Waals surface area contributed by atoms with Gasteiger partial charge in [0.25, 0.3) is 0 Å². The van der Waals surface area contributed by atoms with Crippen LogP contribution in [0.3, 0.4) is 0 Å². The lowest BCUT2D eigenvalue weighted by Crippen LogP contribution is -2.58. The van der Waals surface area contributed by atoms with Gasteiger partial charge in [0.05, 0.1) is 25.8 Å². The first-order valence-corrected chi connectivity index (χ1v) is 14.1. The van der Waals surface area contributed by atoms with Crippen LogP contribution in [-0.4, -0.2) is 85.5 Å². The lowest BCUT2D eigenvalue weighted by atomic mass is 9.94. The van der Waals surface area contributed by atoms with E-state index in [0.29, 0.717) is 12.4 Å². The van der Waals surface area contributed by atoms with E-state index in [2.05, 4.69) is 16.0 Å². The standard InChI is InChI=1S/C31H40N4O6/c1-20(32-30(39)26-11-8-16-35(26)3)28(37)34-25(18-22-12-14-23(40-4)15-13-22)29(38)33-24(27(36)31(2)19-41-31)17-21-9-6-5-7-10-21/h5-7,9-10,12-15,20,24-26H,8,11,16-19H2,1-4H3,(H,32,39)(H,33,38)(H,34,37)/t20-,24-,25-,26-,31+/m0/s1. The Labute approximate surface area is 241 Å². The number of ether oxygens (including phenoxy) is 2. The number of hydrogen-bond acceptors (Lipinski definition) is 7. The second-order valence-corrected chi connectivity index (χ2v) is 11.1. The first kappa shape index (κ1) is 30.2. The molecule has 2 aromatic rings. The average molecular weight is 565 g/mol. The summed E-state index contributed by atoms with van der Waals surface area (Å²) in [5, 5.41) is 8.48. The number of carbonyl (C=O) groups excluding carboxylic acids is 4. The van der Waals surface area contributed by atoms with Gasteiger partial charge >= 0.3 is 0 Å². The van der Waals surface area contributed by atoms with E-state index in [0.717, 1.165) is 30.5 Å². The first-order valence-electron chi connectivity index (χ1n) is 14.1. The largest absolute Gasteiger partial charge is 0.497 e. The van der Waals surface area contributed by atoms with E-state index in [9.17, 15) is 19.2 Å². The molecule has 2 saturated heterocycles. The summed E-state index contributed by atoms with van der Waals surface area (Å²) >= 11 is 0. The van der Waals surface area contributed by atoms with Gasteiger partial charge in [-0.3, -0.25) is 24.1 Å². The van der Waals surface area contributed by atoms with Gasteiger partial charge in [-0.05, 0) is 70.0 Å². The van der Waals surface area contributed by atoms with Crippen molar-refractivity contribution in [3.63, 3.8) is 0 Å². The molecule has 0 radical (unpaired) electrons. The number of likely N-dealkylation sites (N-methyl/N-ethyl adjacent to an activating group) is 1. The van der Waals surface area contributed by atoms with Crippen LogP contribution in [0.15, 0.2) is 54.6 Å². The summed E-state index contributed by atoms with van der Waals surface area (Å²) in [5.74, 6) is -0.753. The molecule has 220 valence electrons. The summed E-state index contributed by atoms with van der Waals surface area (Å²) < 4.78 is 10.6. The minimum atomic E-state index is -0.997. The van der Waals surface area contributed by atoms with Crippen LogP contribution in [0, 0.1) is 0 Å². The summed E-state index contributed by atoms with van der Waals surface area (Å²) in [7, 11) is 3.45. The highest BCUT2D eigenvalue weighted by molar-refractivity contribution is 5.98. The molecular formula is C31H40N4O6. The number of methoxy groups -OCH3 is 1. The zero-order valence-corrected chi connectivity index (χ0v) is 24.1. The minimum Gasteiger partial charge on any atom is -0.497 e. The van der Waals surface area contributed by atoms with Crippen LogP contribution in [0.1, 0.15) is 37.8 Å². The minimum absolute atomic E-state index is 0.174. The third-order valence-electron chi connectivity index (χ3n) is 7.82. The van der Waals surface area contributed by atoms with E-state index in [1.165, 1.54) is 0 Å². The Morgan fingerprint density at radius 2 is 1.56 bits per heavy atom. The van der Waals surface area contributed by atoms with Crippen LogP contribution in [0.4, 0.5) is 0 Å². The highest BCUT2D eigenvalue weighted by atomic mass is 16.6. The normalized spacial score (nSPS) is 22.2. The molecule has 0 aromatic heterocycles. The number of nitrogens with one attached hydrogen (secondary N) is 3. The molecule has 2 heterocycles. The van der Waals surface area contributed by atoms with Crippen molar-refractivity contribution in [2.75, 3.05) is 27.3 Å². The molecule has 2 aliphatic heterocycles. The molecule has 2 aromatic carbocycles. The number of carbonyl (C=O) groups is 4. The van der Waals surface area contributed by atoms with E-state index in [1.54, 1.807) is 33.1 Å². The van der Waals surface area contributed by atoms with Crippen molar-refractivity contribution in [2.24, 2.45) is 0 Å². The second kappa shape index (κ2) is 13.3. The van der Waals surface area contributed by atoms with Gasteiger partial charge in [0.1, 0.15) is 23.4 Å². The van der Waals surface area contributed by atoms with E-state index >= 15 is 0 Å². The molecular weight excluding hydrogens is 524 g/mol. The van der Waals surface area contributed by atoms with Crippen LogP contribution >= 0.6 is 0 Å². The molecule has 0 spiro atoms. The van der Waals surface area contributed by atoms with Gasteiger partial charge in [-0.2, -0.15) is 0 Å². The maximum absolute atomic E-state index is 13.7. The van der Waals surface area contributed by atoms with Crippen molar-refractivity contribution in [1.29, 1.82) is 0 Å². The fourth-order valence-corrected chi connectivity index (χ4v) is 5.07. The predicted molar refractivity (Wildman–Crippen MR) is 153 cm³/mol. The summed E-state index contributed by atoms with van der Waals surface area (Å²) in [6.07, 6.45) is 2.12. The molecule has 4 rings (SSSR count). The van der Waals surface area contributed by atoms with E-state index in [-0.39, 0.29) is 30.6 Å². The molecule has 0 aliphatic carbocycles. The molecule has 5 atom stereocenters. The quantitative estimate of drug-likeness (QED) is 0.314. The second-order valence-electron chi connectivity index (χ2n) is 11.1. The van der Waals surface area contributed by atoms with Gasteiger partial charge in [-0.25, -0.2) is 0 Å². The number of likely N-dealkylation sites (tertiary alicyclic amines) is 1. The van der Waals surface area contributed by atoms with Crippen molar-refractivity contribution in [1.82, 2.24) is 20.9 Å². The Morgan fingerprint density at radius 1 is 0.951 bits per heavy atom. The van der Waals surface area contributed by atoms with Gasteiger partial charge in [0, 0.05) is 6.42 Å². The topological polar surface area (TPSA) is 129 Å². The SMILES string of the molecule is COc1ccc(C[C@H](NC(=O)[C@H](C)NC(=O)[C@@H]2CCCN2C)C(=O)N[C@@H](Cc2ccccc2)C(=O)[C@@]2(C)CO2)cc1. The molecule has 0 unspecified atom stereocenters. The van der Waals surface area contributed by atoms with Crippen molar-refractivity contribution in [3.05, 3.63) is 65.7 Å². The molecule has 3 N–H and O–H groups in total. The number of nitrogens with zero attached hydrogens (tertiary/aromatic N) is 1. The number of ketones is 1. The van der Waals surface area contributed by atoms with Gasteiger partial charge in [-0.15, -0.1) is 0 Å². The summed E-state index contributed by atoms with van der Waals surface area (Å²) in [4.78, 5) is 55.0. The predicted octanol–water partition coefficient (Wildman–Crippen LogP) is 1.41. The summed E-state index contributed by atoms with van der Waals surface area (Å²) in [5.41, 5.74) is 0.742. The molecule has 10 nitrogen and oxygen atoms in total. The van der Waals surface area contributed by atoms with Crippen molar-refractivity contribution >= 4 is 23.5 Å². The molecule has 10 heteroatoms. The number of benzene rings is 2. The number of hydrogen-bond donors (Lipinski definition) is 3. The summed E-state index contributed by atoms with van der Waals surface area (Å²) in [6, 6.07) is 13.6. The van der Waals surface area contributed by atoms with Gasteiger partial charge in [0.15, 0.2) is 5.78 Å². The summed E-state index contributed by atoms with van der Waals surface area (Å²) in [6.45, 7) is 4.43. The molecule has 0 saturated carbocycles.